The van der Waals surface area contributed by atoms with Crippen LogP contribution in [0.3, 0.4) is 0 Å². The number of hydrogen-bond acceptors (Lipinski definition) is 1. The first-order chi connectivity index (χ1) is 9.55. The van der Waals surface area contributed by atoms with Crippen molar-refractivity contribution in [3.05, 3.63) is 35.5 Å². The minimum atomic E-state index is -0.0295. The van der Waals surface area contributed by atoms with Crippen LogP contribution in [-0.4, -0.2) is 5.54 Å². The van der Waals surface area contributed by atoms with Gasteiger partial charge in [0.1, 0.15) is 0 Å². The highest BCUT2D eigenvalue weighted by Gasteiger charge is 2.52. The summed E-state index contributed by atoms with van der Waals surface area (Å²) in [5, 5.41) is 0. The Morgan fingerprint density at radius 3 is 2.50 bits per heavy atom. The zero-order valence-corrected chi connectivity index (χ0v) is 13.0. The minimum absolute atomic E-state index is 0.0295. The molecule has 3 aliphatic rings. The van der Waals surface area contributed by atoms with E-state index >= 15 is 0 Å². The second-order valence-electron chi connectivity index (χ2n) is 7.43. The molecule has 3 saturated carbocycles. The molecular formula is C19H29N. The Kier molecular flexibility index (Phi) is 3.66. The molecule has 0 aromatic carbocycles. The van der Waals surface area contributed by atoms with Gasteiger partial charge < -0.3 is 5.73 Å². The topological polar surface area (TPSA) is 26.0 Å². The van der Waals surface area contributed by atoms with Gasteiger partial charge in [0.2, 0.25) is 0 Å². The van der Waals surface area contributed by atoms with Crippen LogP contribution in [0.4, 0.5) is 0 Å². The average Bonchev–Trinajstić information content (AvgIpc) is 2.74. The van der Waals surface area contributed by atoms with Gasteiger partial charge in [0.15, 0.2) is 0 Å². The van der Waals surface area contributed by atoms with Crippen molar-refractivity contribution >= 4 is 0 Å². The Morgan fingerprint density at radius 2 is 1.70 bits per heavy atom. The smallest absolute Gasteiger partial charge is 0.0426 e. The van der Waals surface area contributed by atoms with Crippen molar-refractivity contribution in [2.24, 2.45) is 11.1 Å². The van der Waals surface area contributed by atoms with Crippen LogP contribution >= 0.6 is 0 Å². The molecule has 0 aromatic heterocycles. The fourth-order valence-electron chi connectivity index (χ4n) is 4.70. The second kappa shape index (κ2) is 5.18. The first kappa shape index (κ1) is 14.1. The number of nitrogens with two attached hydrogens (primary N) is 1. The number of allylic oxidation sites excluding steroid dienone is 4. The van der Waals surface area contributed by atoms with Crippen molar-refractivity contribution in [3.8, 4) is 0 Å². The van der Waals surface area contributed by atoms with E-state index in [1.54, 1.807) is 0 Å². The quantitative estimate of drug-likeness (QED) is 0.710. The standard InChI is InChI=1S/C19H29N/c1-15-7-3-4-8-16(15)10-11-17-9-5-12-18(2)13-6-14-19(17,18)20/h10-11H,1,3-9,12-14,20H2,2H3/b16-10-,17-11+/t18-,19-/m1/s1. The van der Waals surface area contributed by atoms with Crippen molar-refractivity contribution < 1.29 is 0 Å². The molecule has 3 rings (SSSR count). The lowest BCUT2D eigenvalue weighted by molar-refractivity contribution is 0.165. The first-order valence-electron chi connectivity index (χ1n) is 8.42. The van der Waals surface area contributed by atoms with Gasteiger partial charge in [-0.15, -0.1) is 0 Å². The number of rotatable bonds is 1. The molecule has 2 atom stereocenters. The average molecular weight is 271 g/mol. The molecule has 0 aromatic rings. The third-order valence-corrected chi connectivity index (χ3v) is 6.24. The highest BCUT2D eigenvalue weighted by molar-refractivity contribution is 5.38. The molecule has 0 saturated heterocycles. The molecular weight excluding hydrogens is 242 g/mol. The van der Waals surface area contributed by atoms with Crippen molar-refractivity contribution in [3.63, 3.8) is 0 Å². The van der Waals surface area contributed by atoms with Crippen LogP contribution in [0.5, 0.6) is 0 Å². The maximum Gasteiger partial charge on any atom is 0.0426 e. The van der Waals surface area contributed by atoms with Gasteiger partial charge in [0.05, 0.1) is 0 Å². The van der Waals surface area contributed by atoms with E-state index in [-0.39, 0.29) is 5.54 Å². The van der Waals surface area contributed by atoms with E-state index in [0.29, 0.717) is 5.41 Å². The number of fused-ring (bicyclic) bond motifs is 1. The largest absolute Gasteiger partial charge is 0.321 e. The maximum atomic E-state index is 6.87. The SMILES string of the molecule is C=C1CCCC/C1=C/C=C1\CCC[C@]2(C)CCC[C@@]12N. The molecule has 110 valence electrons. The summed E-state index contributed by atoms with van der Waals surface area (Å²) in [7, 11) is 0. The summed E-state index contributed by atoms with van der Waals surface area (Å²) in [5.74, 6) is 0. The molecule has 1 nitrogen and oxygen atoms in total. The molecule has 1 heteroatoms. The summed E-state index contributed by atoms with van der Waals surface area (Å²) in [6, 6.07) is 0. The predicted molar refractivity (Wildman–Crippen MR) is 86.5 cm³/mol. The lowest BCUT2D eigenvalue weighted by atomic mass is 9.62. The van der Waals surface area contributed by atoms with Gasteiger partial charge in [0.25, 0.3) is 0 Å². The zero-order chi connectivity index (χ0) is 14.2. The van der Waals surface area contributed by atoms with Gasteiger partial charge >= 0.3 is 0 Å². The minimum Gasteiger partial charge on any atom is -0.321 e. The second-order valence-corrected chi connectivity index (χ2v) is 7.43. The Labute approximate surface area is 124 Å². The van der Waals surface area contributed by atoms with E-state index < -0.39 is 0 Å². The van der Waals surface area contributed by atoms with Crippen LogP contribution in [0.1, 0.15) is 71.1 Å². The highest BCUT2D eigenvalue weighted by atomic mass is 14.8. The molecule has 0 heterocycles. The maximum absolute atomic E-state index is 6.87. The monoisotopic (exact) mass is 271 g/mol. The van der Waals surface area contributed by atoms with Crippen molar-refractivity contribution in [1.82, 2.24) is 0 Å². The predicted octanol–water partition coefficient (Wildman–Crippen LogP) is 5.04. The van der Waals surface area contributed by atoms with Crippen LogP contribution in [0.15, 0.2) is 35.5 Å². The molecule has 0 radical (unpaired) electrons. The third-order valence-electron chi connectivity index (χ3n) is 6.24. The zero-order valence-electron chi connectivity index (χ0n) is 13.0. The van der Waals surface area contributed by atoms with Crippen molar-refractivity contribution in [2.75, 3.05) is 0 Å². The summed E-state index contributed by atoms with van der Waals surface area (Å²) in [4.78, 5) is 0. The van der Waals surface area contributed by atoms with Gasteiger partial charge in [-0.3, -0.25) is 0 Å². The third kappa shape index (κ3) is 2.20. The molecule has 3 fully saturated rings. The first-order valence-corrected chi connectivity index (χ1v) is 8.42. The number of hydrogen-bond donors (Lipinski definition) is 1. The molecule has 0 bridgehead atoms. The van der Waals surface area contributed by atoms with Crippen LogP contribution in [0.25, 0.3) is 0 Å². The van der Waals surface area contributed by atoms with E-state index in [1.807, 2.05) is 0 Å². The van der Waals surface area contributed by atoms with Crippen molar-refractivity contribution in [1.29, 1.82) is 0 Å². The van der Waals surface area contributed by atoms with Crippen LogP contribution < -0.4 is 5.73 Å². The van der Waals surface area contributed by atoms with E-state index in [1.165, 1.54) is 80.9 Å². The van der Waals surface area contributed by atoms with Gasteiger partial charge in [-0.05, 0) is 74.3 Å². The molecule has 2 N–H and O–H groups in total. The Bertz CT molecular complexity index is 470. The van der Waals surface area contributed by atoms with E-state index in [2.05, 4.69) is 25.7 Å². The highest BCUT2D eigenvalue weighted by Crippen LogP contribution is 2.55. The fourth-order valence-corrected chi connectivity index (χ4v) is 4.70. The lowest BCUT2D eigenvalue weighted by Gasteiger charge is -2.47. The summed E-state index contributed by atoms with van der Waals surface area (Å²) in [5.41, 5.74) is 11.5. The summed E-state index contributed by atoms with van der Waals surface area (Å²) in [6.07, 6.45) is 17.3. The van der Waals surface area contributed by atoms with Gasteiger partial charge in [-0.2, -0.15) is 0 Å². The van der Waals surface area contributed by atoms with Gasteiger partial charge in [-0.25, -0.2) is 0 Å². The van der Waals surface area contributed by atoms with E-state index in [0.717, 1.165) is 0 Å². The molecule has 0 amide bonds. The summed E-state index contributed by atoms with van der Waals surface area (Å²) >= 11 is 0. The molecule has 20 heavy (non-hydrogen) atoms. The van der Waals surface area contributed by atoms with E-state index in [9.17, 15) is 0 Å². The van der Waals surface area contributed by atoms with Crippen molar-refractivity contribution in [2.45, 2.75) is 76.7 Å². The van der Waals surface area contributed by atoms with Crippen LogP contribution in [0.2, 0.25) is 0 Å². The molecule has 0 aliphatic heterocycles. The Hall–Kier alpha value is -0.820. The molecule has 0 spiro atoms. The van der Waals surface area contributed by atoms with Gasteiger partial charge in [-0.1, -0.05) is 37.6 Å². The van der Waals surface area contributed by atoms with E-state index in [4.69, 9.17) is 5.73 Å². The molecule has 3 aliphatic carbocycles. The Morgan fingerprint density at radius 1 is 0.950 bits per heavy atom. The Balaban J connectivity index is 1.87. The normalized spacial score (nSPS) is 42.2. The lowest BCUT2D eigenvalue weighted by Crippen LogP contribution is -2.53. The van der Waals surface area contributed by atoms with Crippen LogP contribution in [0, 0.1) is 5.41 Å². The molecule has 0 unspecified atom stereocenters. The summed E-state index contributed by atoms with van der Waals surface area (Å²) < 4.78 is 0. The van der Waals surface area contributed by atoms with Crippen LogP contribution in [-0.2, 0) is 0 Å². The fraction of sp³-hybridized carbons (Fsp3) is 0.684. The summed E-state index contributed by atoms with van der Waals surface area (Å²) in [6.45, 7) is 6.64. The van der Waals surface area contributed by atoms with Gasteiger partial charge in [0, 0.05) is 5.54 Å².